The van der Waals surface area contributed by atoms with Gasteiger partial charge in [0.25, 0.3) is 5.91 Å². The smallest absolute Gasteiger partial charge is 0.326 e. The number of rotatable bonds is 3. The molecule has 30 heavy (non-hydrogen) atoms. The molecule has 1 saturated heterocycles. The number of nitrogens with zero attached hydrogens (tertiary/aromatic N) is 4. The maximum atomic E-state index is 13.0. The molecule has 1 aromatic carbocycles. The van der Waals surface area contributed by atoms with E-state index in [4.69, 9.17) is 0 Å². The van der Waals surface area contributed by atoms with Gasteiger partial charge in [0, 0.05) is 20.1 Å². The van der Waals surface area contributed by atoms with E-state index in [1.54, 1.807) is 29.4 Å². The molecule has 156 valence electrons. The fraction of sp³-hybridized carbons (Fsp3) is 0.300. The van der Waals surface area contributed by atoms with E-state index in [1.165, 1.54) is 8.61 Å². The molecule has 0 aliphatic carbocycles. The normalized spacial score (nSPS) is 18.6. The van der Waals surface area contributed by atoms with Gasteiger partial charge in [0.15, 0.2) is 5.69 Å². The monoisotopic (exact) mass is 443 g/mol. The molecule has 1 amide bonds. The summed E-state index contributed by atoms with van der Waals surface area (Å²) in [7, 11) is -2.01. The van der Waals surface area contributed by atoms with Crippen LogP contribution in [0, 0.1) is 0 Å². The number of amides is 1. The van der Waals surface area contributed by atoms with Gasteiger partial charge in [-0.25, -0.2) is 4.31 Å². The van der Waals surface area contributed by atoms with Gasteiger partial charge < -0.3 is 4.90 Å². The Hall–Kier alpha value is -2.85. The Morgan fingerprint density at radius 2 is 1.87 bits per heavy atom. The molecule has 2 aliphatic heterocycles. The minimum atomic E-state index is -3.59. The van der Waals surface area contributed by atoms with Gasteiger partial charge in [-0.1, -0.05) is 18.2 Å². The number of fused-ring (bicyclic) bond motifs is 1. The van der Waals surface area contributed by atoms with Gasteiger partial charge in [0.2, 0.25) is 0 Å². The zero-order chi connectivity index (χ0) is 20.9. The number of nitrogens with one attached hydrogen (secondary N) is 1. The lowest BCUT2D eigenvalue weighted by Crippen LogP contribution is -2.49. The van der Waals surface area contributed by atoms with E-state index >= 15 is 0 Å². The molecule has 0 saturated carbocycles. The van der Waals surface area contributed by atoms with E-state index in [0.717, 1.165) is 10.6 Å². The Bertz CT molecular complexity index is 1180. The van der Waals surface area contributed by atoms with Gasteiger partial charge in [0.1, 0.15) is 0 Å². The van der Waals surface area contributed by atoms with E-state index in [9.17, 15) is 13.2 Å². The predicted octanol–water partition coefficient (Wildman–Crippen LogP) is 2.94. The van der Waals surface area contributed by atoms with E-state index in [0.29, 0.717) is 43.0 Å². The van der Waals surface area contributed by atoms with Crippen LogP contribution in [0.25, 0.3) is 10.6 Å². The van der Waals surface area contributed by atoms with E-state index < -0.39 is 10.2 Å². The van der Waals surface area contributed by atoms with Crippen molar-refractivity contribution in [2.24, 2.45) is 0 Å². The maximum Gasteiger partial charge on any atom is 0.326 e. The topological polar surface area (TPSA) is 89.6 Å². The second-order valence-corrected chi connectivity index (χ2v) is 10.2. The van der Waals surface area contributed by atoms with Crippen molar-refractivity contribution in [2.45, 2.75) is 18.9 Å². The Labute approximate surface area is 178 Å². The Kier molecular flexibility index (Phi) is 4.55. The number of benzene rings is 1. The standard InChI is InChI=1S/C20H21N5O3S2/c1-23-17-5-2-3-6-18(17)25(30(23,27)28)14-8-10-24(11-9-14)20(26)16-13-15(21-22-16)19-7-4-12-29-19/h2-7,12-14H,8-11H2,1H3,(H,21,22). The van der Waals surface area contributed by atoms with E-state index in [-0.39, 0.29) is 11.9 Å². The number of thiophene rings is 1. The van der Waals surface area contributed by atoms with E-state index in [2.05, 4.69) is 10.2 Å². The summed E-state index contributed by atoms with van der Waals surface area (Å²) in [6, 6.07) is 12.9. The van der Waals surface area contributed by atoms with Crippen LogP contribution in [0.5, 0.6) is 0 Å². The maximum absolute atomic E-state index is 13.0. The molecule has 1 N–H and O–H groups in total. The first-order chi connectivity index (χ1) is 14.5. The summed E-state index contributed by atoms with van der Waals surface area (Å²) in [6.45, 7) is 0.977. The van der Waals surface area contributed by atoms with Crippen LogP contribution >= 0.6 is 11.3 Å². The largest absolute Gasteiger partial charge is 0.337 e. The highest BCUT2D eigenvalue weighted by Crippen LogP contribution is 2.42. The lowest BCUT2D eigenvalue weighted by molar-refractivity contribution is 0.0710. The van der Waals surface area contributed by atoms with Crippen LogP contribution in [0.2, 0.25) is 0 Å². The third-order valence-electron chi connectivity index (χ3n) is 5.72. The van der Waals surface area contributed by atoms with Crippen molar-refractivity contribution in [3.63, 3.8) is 0 Å². The van der Waals surface area contributed by atoms with Crippen molar-refractivity contribution in [1.29, 1.82) is 0 Å². The Morgan fingerprint density at radius 1 is 1.13 bits per heavy atom. The number of aromatic amines is 1. The average Bonchev–Trinajstić information content (AvgIpc) is 3.48. The minimum Gasteiger partial charge on any atom is -0.337 e. The average molecular weight is 444 g/mol. The molecular weight excluding hydrogens is 422 g/mol. The zero-order valence-corrected chi connectivity index (χ0v) is 18.0. The number of carbonyl (C=O) groups is 1. The molecular formula is C20H21N5O3S2. The highest BCUT2D eigenvalue weighted by atomic mass is 32.2. The number of hydrogen-bond acceptors (Lipinski definition) is 5. The fourth-order valence-corrected chi connectivity index (χ4v) is 6.49. The number of likely N-dealkylation sites (tertiary alicyclic amines) is 1. The van der Waals surface area contributed by atoms with Crippen molar-refractivity contribution in [3.8, 4) is 10.6 Å². The number of carbonyl (C=O) groups excluding carboxylic acids is 1. The van der Waals surface area contributed by atoms with Crippen LogP contribution in [0.4, 0.5) is 11.4 Å². The summed E-state index contributed by atoms with van der Waals surface area (Å²) in [4.78, 5) is 15.7. The minimum absolute atomic E-state index is 0.130. The number of anilines is 2. The van der Waals surface area contributed by atoms with Crippen LogP contribution in [0.1, 0.15) is 23.3 Å². The number of H-pyrrole nitrogens is 1. The van der Waals surface area contributed by atoms with Crippen LogP contribution in [-0.4, -0.2) is 55.6 Å². The number of hydrogen-bond donors (Lipinski definition) is 1. The first-order valence-corrected chi connectivity index (χ1v) is 12.0. The third-order valence-corrected chi connectivity index (χ3v) is 8.50. The fourth-order valence-electron chi connectivity index (χ4n) is 4.14. The quantitative estimate of drug-likeness (QED) is 0.674. The molecule has 0 radical (unpaired) electrons. The second-order valence-electron chi connectivity index (χ2n) is 7.43. The Balaban J connectivity index is 1.31. The molecule has 8 nitrogen and oxygen atoms in total. The van der Waals surface area contributed by atoms with Crippen molar-refractivity contribution >= 4 is 38.8 Å². The second kappa shape index (κ2) is 7.13. The van der Waals surface area contributed by atoms with Crippen molar-refractivity contribution in [2.75, 3.05) is 28.7 Å². The summed E-state index contributed by atoms with van der Waals surface area (Å²) in [5.74, 6) is -0.130. The molecule has 0 spiro atoms. The molecule has 10 heteroatoms. The van der Waals surface area contributed by atoms with Gasteiger partial charge in [0.05, 0.1) is 28.0 Å². The zero-order valence-electron chi connectivity index (χ0n) is 16.4. The van der Waals surface area contributed by atoms with Crippen molar-refractivity contribution in [1.82, 2.24) is 15.1 Å². The van der Waals surface area contributed by atoms with Crippen molar-refractivity contribution in [3.05, 3.63) is 53.5 Å². The van der Waals surface area contributed by atoms with Gasteiger partial charge in [-0.3, -0.25) is 14.2 Å². The first kappa shape index (κ1) is 19.1. The number of piperidine rings is 1. The first-order valence-electron chi connectivity index (χ1n) is 9.72. The highest BCUT2D eigenvalue weighted by molar-refractivity contribution is 7.94. The summed E-state index contributed by atoms with van der Waals surface area (Å²) in [6.07, 6.45) is 1.16. The molecule has 3 aromatic rings. The number of aromatic nitrogens is 2. The molecule has 4 heterocycles. The van der Waals surface area contributed by atoms with E-state index in [1.807, 2.05) is 41.8 Å². The SMILES string of the molecule is CN1c2ccccc2N(C2CCN(C(=O)c3cc(-c4cccs4)[nH]n3)CC2)S1(=O)=O. The molecule has 0 bridgehead atoms. The molecule has 5 rings (SSSR count). The van der Waals surface area contributed by atoms with Crippen molar-refractivity contribution < 1.29 is 13.2 Å². The summed E-state index contributed by atoms with van der Waals surface area (Å²) >= 11 is 1.58. The third kappa shape index (κ3) is 2.98. The van der Waals surface area contributed by atoms with Crippen LogP contribution in [0.15, 0.2) is 47.8 Å². The number of para-hydroxylation sites is 2. The van der Waals surface area contributed by atoms with Crippen LogP contribution in [-0.2, 0) is 10.2 Å². The van der Waals surface area contributed by atoms with Gasteiger partial charge >= 0.3 is 10.2 Å². The summed E-state index contributed by atoms with van der Waals surface area (Å²) in [5.41, 5.74) is 2.60. The predicted molar refractivity (Wildman–Crippen MR) is 117 cm³/mol. The van der Waals surface area contributed by atoms with Gasteiger partial charge in [-0.05, 0) is 42.5 Å². The molecule has 1 fully saturated rings. The van der Waals surface area contributed by atoms with Gasteiger partial charge in [-0.2, -0.15) is 13.5 Å². The molecule has 2 aromatic heterocycles. The van der Waals surface area contributed by atoms with Crippen LogP contribution in [0.3, 0.4) is 0 Å². The Morgan fingerprint density at radius 3 is 2.57 bits per heavy atom. The summed E-state index contributed by atoms with van der Waals surface area (Å²) < 4.78 is 28.8. The molecule has 0 unspecified atom stereocenters. The lowest BCUT2D eigenvalue weighted by Gasteiger charge is -2.36. The molecule has 0 atom stereocenters. The summed E-state index contributed by atoms with van der Waals surface area (Å²) in [5, 5.41) is 9.09. The highest BCUT2D eigenvalue weighted by Gasteiger charge is 2.43. The van der Waals surface area contributed by atoms with Gasteiger partial charge in [-0.15, -0.1) is 11.3 Å². The lowest BCUT2D eigenvalue weighted by atomic mass is 10.0. The van der Waals surface area contributed by atoms with Crippen LogP contribution < -0.4 is 8.61 Å². The molecule has 2 aliphatic rings.